The molecule has 2 rings (SSSR count). The topological polar surface area (TPSA) is 32.3 Å². The summed E-state index contributed by atoms with van der Waals surface area (Å²) in [7, 11) is 0. The van der Waals surface area contributed by atoms with E-state index >= 15 is 0 Å². The molecule has 2 atom stereocenters. The van der Waals surface area contributed by atoms with Gasteiger partial charge in [0.2, 0.25) is 0 Å². The van der Waals surface area contributed by atoms with Crippen LogP contribution in [0.3, 0.4) is 0 Å². The molecule has 1 aromatic carbocycles. The Hall–Kier alpha value is -0.860. The first-order valence-electron chi connectivity index (χ1n) is 5.76. The van der Waals surface area contributed by atoms with Gasteiger partial charge in [-0.05, 0) is 43.4 Å². The number of hydrogen-bond acceptors (Lipinski definition) is 2. The summed E-state index contributed by atoms with van der Waals surface area (Å²) in [5, 5.41) is 13.1. The highest BCUT2D eigenvalue weighted by Crippen LogP contribution is 2.29. The molecule has 0 radical (unpaired) electrons. The highest BCUT2D eigenvalue weighted by atomic mass is 16.3. The largest absolute Gasteiger partial charge is 0.389 e. The van der Waals surface area contributed by atoms with Crippen LogP contribution in [0.15, 0.2) is 24.3 Å². The van der Waals surface area contributed by atoms with Crippen molar-refractivity contribution in [2.45, 2.75) is 31.8 Å². The Morgan fingerprint density at radius 3 is 2.87 bits per heavy atom. The van der Waals surface area contributed by atoms with Crippen LogP contribution in [0, 0.1) is 0 Å². The van der Waals surface area contributed by atoms with Gasteiger partial charge in [0.15, 0.2) is 0 Å². The lowest BCUT2D eigenvalue weighted by molar-refractivity contribution is 0.197. The molecule has 0 aliphatic carbocycles. The average molecular weight is 205 g/mol. The predicted molar refractivity (Wildman–Crippen MR) is 61.9 cm³/mol. The molecule has 1 aliphatic heterocycles. The molecule has 1 heterocycles. The van der Waals surface area contributed by atoms with Crippen molar-refractivity contribution >= 4 is 0 Å². The third-order valence-electron chi connectivity index (χ3n) is 3.18. The van der Waals surface area contributed by atoms with E-state index in [0.29, 0.717) is 5.92 Å². The summed E-state index contributed by atoms with van der Waals surface area (Å²) < 4.78 is 0. The van der Waals surface area contributed by atoms with E-state index in [4.69, 9.17) is 0 Å². The Morgan fingerprint density at radius 1 is 1.40 bits per heavy atom. The lowest BCUT2D eigenvalue weighted by atomic mass is 9.87. The molecule has 0 saturated carbocycles. The van der Waals surface area contributed by atoms with Gasteiger partial charge in [-0.2, -0.15) is 0 Å². The second kappa shape index (κ2) is 4.77. The van der Waals surface area contributed by atoms with Gasteiger partial charge >= 0.3 is 0 Å². The third kappa shape index (κ3) is 2.39. The van der Waals surface area contributed by atoms with Crippen molar-refractivity contribution in [3.8, 4) is 0 Å². The quantitative estimate of drug-likeness (QED) is 0.776. The first-order chi connectivity index (χ1) is 7.29. The van der Waals surface area contributed by atoms with E-state index in [1.165, 1.54) is 18.4 Å². The zero-order chi connectivity index (χ0) is 10.7. The molecule has 0 spiro atoms. The molecule has 1 aromatic rings. The second-order valence-corrected chi connectivity index (χ2v) is 4.35. The highest BCUT2D eigenvalue weighted by Gasteiger charge is 2.19. The van der Waals surface area contributed by atoms with Crippen LogP contribution in [0.1, 0.15) is 42.9 Å². The van der Waals surface area contributed by atoms with E-state index in [1.54, 1.807) is 0 Å². The molecule has 2 nitrogen and oxygen atoms in total. The average Bonchev–Trinajstić information content (AvgIpc) is 2.30. The van der Waals surface area contributed by atoms with E-state index in [9.17, 15) is 5.11 Å². The van der Waals surface area contributed by atoms with Crippen molar-refractivity contribution in [1.29, 1.82) is 0 Å². The number of rotatable bonds is 2. The molecule has 0 bridgehead atoms. The summed E-state index contributed by atoms with van der Waals surface area (Å²) >= 11 is 0. The van der Waals surface area contributed by atoms with Gasteiger partial charge in [-0.3, -0.25) is 0 Å². The van der Waals surface area contributed by atoms with Crippen molar-refractivity contribution in [1.82, 2.24) is 5.32 Å². The van der Waals surface area contributed by atoms with Crippen LogP contribution in [0.4, 0.5) is 0 Å². The third-order valence-corrected chi connectivity index (χ3v) is 3.18. The van der Waals surface area contributed by atoms with E-state index in [-0.39, 0.29) is 6.10 Å². The number of nitrogens with one attached hydrogen (secondary N) is 1. The predicted octanol–water partition coefficient (Wildman–Crippen LogP) is 2.21. The maximum absolute atomic E-state index is 9.71. The molecule has 0 aromatic heterocycles. The lowest BCUT2D eigenvalue weighted by Gasteiger charge is -2.26. The van der Waals surface area contributed by atoms with Crippen molar-refractivity contribution in [3.63, 3.8) is 0 Å². The van der Waals surface area contributed by atoms with Crippen LogP contribution in [-0.2, 0) is 0 Å². The summed E-state index contributed by atoms with van der Waals surface area (Å²) in [5.74, 6) is 0.574. The van der Waals surface area contributed by atoms with Gasteiger partial charge in [-0.25, -0.2) is 0 Å². The minimum absolute atomic E-state index is 0.358. The summed E-state index contributed by atoms with van der Waals surface area (Å²) in [6, 6.07) is 8.26. The SMILES string of the molecule is CC(O)c1ccccc1C1CCCNC1. The monoisotopic (exact) mass is 205 g/mol. The lowest BCUT2D eigenvalue weighted by Crippen LogP contribution is -2.29. The molecule has 2 N–H and O–H groups in total. The van der Waals surface area contributed by atoms with Crippen LogP contribution in [-0.4, -0.2) is 18.2 Å². The fourth-order valence-corrected chi connectivity index (χ4v) is 2.38. The normalized spacial score (nSPS) is 23.7. The molecule has 1 saturated heterocycles. The molecule has 2 heteroatoms. The van der Waals surface area contributed by atoms with Crippen molar-refractivity contribution < 1.29 is 5.11 Å². The number of aliphatic hydroxyl groups is 1. The minimum atomic E-state index is -0.358. The van der Waals surface area contributed by atoms with Crippen LogP contribution >= 0.6 is 0 Å². The molecule has 82 valence electrons. The summed E-state index contributed by atoms with van der Waals surface area (Å²) in [5.41, 5.74) is 2.41. The standard InChI is InChI=1S/C13H19NO/c1-10(15)12-6-2-3-7-13(12)11-5-4-8-14-9-11/h2-3,6-7,10-11,14-15H,4-5,8-9H2,1H3. The maximum Gasteiger partial charge on any atom is 0.0764 e. The highest BCUT2D eigenvalue weighted by molar-refractivity contribution is 5.32. The summed E-state index contributed by atoms with van der Waals surface area (Å²) in [6.45, 7) is 4.02. The van der Waals surface area contributed by atoms with Gasteiger partial charge in [-0.15, -0.1) is 0 Å². The van der Waals surface area contributed by atoms with Crippen molar-refractivity contribution in [2.24, 2.45) is 0 Å². The fourth-order valence-electron chi connectivity index (χ4n) is 2.38. The van der Waals surface area contributed by atoms with Gasteiger partial charge in [0, 0.05) is 6.54 Å². The molecular weight excluding hydrogens is 186 g/mol. The first-order valence-corrected chi connectivity index (χ1v) is 5.76. The van der Waals surface area contributed by atoms with Crippen molar-refractivity contribution in [3.05, 3.63) is 35.4 Å². The van der Waals surface area contributed by atoms with Gasteiger partial charge < -0.3 is 10.4 Å². The van der Waals surface area contributed by atoms with Gasteiger partial charge in [-0.1, -0.05) is 24.3 Å². The number of benzene rings is 1. The smallest absolute Gasteiger partial charge is 0.0764 e. The van der Waals surface area contributed by atoms with Crippen molar-refractivity contribution in [2.75, 3.05) is 13.1 Å². The van der Waals surface area contributed by atoms with Crippen LogP contribution < -0.4 is 5.32 Å². The molecule has 0 amide bonds. The Morgan fingerprint density at radius 2 is 2.20 bits per heavy atom. The Balaban J connectivity index is 2.25. The maximum atomic E-state index is 9.71. The molecular formula is C13H19NO. The number of piperidine rings is 1. The molecule has 1 fully saturated rings. The van der Waals surface area contributed by atoms with Crippen LogP contribution in [0.2, 0.25) is 0 Å². The van der Waals surface area contributed by atoms with Crippen LogP contribution in [0.5, 0.6) is 0 Å². The molecule has 1 aliphatic rings. The summed E-state index contributed by atoms with van der Waals surface area (Å²) in [4.78, 5) is 0. The minimum Gasteiger partial charge on any atom is -0.389 e. The molecule has 2 unspecified atom stereocenters. The number of hydrogen-bond donors (Lipinski definition) is 2. The van der Waals surface area contributed by atoms with E-state index in [1.807, 2.05) is 19.1 Å². The Kier molecular flexibility index (Phi) is 3.39. The van der Waals surface area contributed by atoms with Crippen LogP contribution in [0.25, 0.3) is 0 Å². The fraction of sp³-hybridized carbons (Fsp3) is 0.538. The van der Waals surface area contributed by atoms with Gasteiger partial charge in [0.25, 0.3) is 0 Å². The zero-order valence-electron chi connectivity index (χ0n) is 9.24. The van der Waals surface area contributed by atoms with Gasteiger partial charge in [0.1, 0.15) is 0 Å². The van der Waals surface area contributed by atoms with E-state index < -0.39 is 0 Å². The van der Waals surface area contributed by atoms with E-state index in [2.05, 4.69) is 17.4 Å². The molecule has 15 heavy (non-hydrogen) atoms. The first kappa shape index (κ1) is 10.7. The Bertz CT molecular complexity index is 316. The second-order valence-electron chi connectivity index (χ2n) is 4.35. The van der Waals surface area contributed by atoms with E-state index in [0.717, 1.165) is 18.7 Å². The zero-order valence-corrected chi connectivity index (χ0v) is 9.24. The van der Waals surface area contributed by atoms with Gasteiger partial charge in [0.05, 0.1) is 6.10 Å². The number of aliphatic hydroxyl groups excluding tert-OH is 1. The summed E-state index contributed by atoms with van der Waals surface area (Å²) in [6.07, 6.45) is 2.11. The Labute approximate surface area is 91.3 Å².